The molecule has 0 unspecified atom stereocenters. The van der Waals surface area contributed by atoms with Crippen molar-refractivity contribution in [2.75, 3.05) is 7.11 Å². The van der Waals surface area contributed by atoms with E-state index in [1.54, 1.807) is 13.3 Å². The van der Waals surface area contributed by atoms with E-state index in [9.17, 15) is 0 Å². The predicted octanol–water partition coefficient (Wildman–Crippen LogP) is 2.11. The Labute approximate surface area is 101 Å². The summed E-state index contributed by atoms with van der Waals surface area (Å²) >= 11 is 0. The Morgan fingerprint density at radius 1 is 1.29 bits per heavy atom. The molecule has 0 fully saturated rings. The molecule has 1 heterocycles. The molecule has 4 nitrogen and oxygen atoms in total. The van der Waals surface area contributed by atoms with Crippen molar-refractivity contribution in [3.63, 3.8) is 0 Å². The van der Waals surface area contributed by atoms with Crippen LogP contribution in [0.25, 0.3) is 0 Å². The van der Waals surface area contributed by atoms with Crippen molar-refractivity contribution in [3.05, 3.63) is 53.7 Å². The molecule has 2 aromatic rings. The summed E-state index contributed by atoms with van der Waals surface area (Å²) in [6, 6.07) is 8.33. The first-order chi connectivity index (χ1) is 8.38. The zero-order valence-electron chi connectivity index (χ0n) is 9.85. The summed E-state index contributed by atoms with van der Waals surface area (Å²) < 4.78 is 10.2. The third kappa shape index (κ3) is 3.69. The monoisotopic (exact) mass is 232 g/mol. The summed E-state index contributed by atoms with van der Waals surface area (Å²) in [5.74, 6) is 0.845. The highest BCUT2D eigenvalue weighted by molar-refractivity contribution is 5.22. The second kappa shape index (κ2) is 6.18. The predicted molar refractivity (Wildman–Crippen MR) is 64.2 cm³/mol. The van der Waals surface area contributed by atoms with E-state index >= 15 is 0 Å². The van der Waals surface area contributed by atoms with Crippen LogP contribution in [0.5, 0.6) is 0 Å². The second-order valence-electron chi connectivity index (χ2n) is 3.82. The molecule has 4 heteroatoms. The lowest BCUT2D eigenvalue weighted by Crippen LogP contribution is -2.12. The molecule has 0 aliphatic carbocycles. The first-order valence-electron chi connectivity index (χ1n) is 5.53. The average Bonchev–Trinajstić information content (AvgIpc) is 2.83. The lowest BCUT2D eigenvalue weighted by atomic mass is 10.1. The number of methoxy groups -OCH3 is 1. The van der Waals surface area contributed by atoms with Crippen LogP contribution in [0.15, 0.2) is 41.3 Å². The van der Waals surface area contributed by atoms with E-state index in [2.05, 4.69) is 28.5 Å². The fraction of sp³-hybridized carbons (Fsp3) is 0.308. The van der Waals surface area contributed by atoms with Gasteiger partial charge in [-0.1, -0.05) is 24.3 Å². The van der Waals surface area contributed by atoms with Crippen LogP contribution in [-0.2, 0) is 24.4 Å². The van der Waals surface area contributed by atoms with Gasteiger partial charge in [-0.3, -0.25) is 0 Å². The molecular formula is C13H16N2O2. The number of aromatic nitrogens is 1. The molecule has 0 radical (unpaired) electrons. The molecule has 0 aliphatic heterocycles. The Balaban J connectivity index is 1.84. The molecule has 17 heavy (non-hydrogen) atoms. The first kappa shape index (κ1) is 11.8. The van der Waals surface area contributed by atoms with Crippen molar-refractivity contribution >= 4 is 0 Å². The van der Waals surface area contributed by atoms with Crippen LogP contribution < -0.4 is 5.32 Å². The lowest BCUT2D eigenvalue weighted by Gasteiger charge is -2.05. The Morgan fingerprint density at radius 3 is 2.94 bits per heavy atom. The molecule has 0 atom stereocenters. The van der Waals surface area contributed by atoms with Crippen molar-refractivity contribution in [3.8, 4) is 0 Å². The molecule has 0 spiro atoms. The van der Waals surface area contributed by atoms with Gasteiger partial charge in [0.25, 0.3) is 0 Å². The van der Waals surface area contributed by atoms with Crippen LogP contribution in [0.4, 0.5) is 0 Å². The van der Waals surface area contributed by atoms with E-state index < -0.39 is 0 Å². The third-order valence-corrected chi connectivity index (χ3v) is 2.41. The van der Waals surface area contributed by atoms with Crippen molar-refractivity contribution in [2.24, 2.45) is 0 Å². The molecule has 1 aromatic heterocycles. The maximum Gasteiger partial charge on any atom is 0.180 e. The number of ether oxygens (including phenoxy) is 1. The van der Waals surface area contributed by atoms with Crippen molar-refractivity contribution in [1.29, 1.82) is 0 Å². The molecule has 2 rings (SSSR count). The Kier molecular flexibility index (Phi) is 4.30. The lowest BCUT2D eigenvalue weighted by molar-refractivity contribution is 0.185. The van der Waals surface area contributed by atoms with E-state index in [4.69, 9.17) is 9.15 Å². The summed E-state index contributed by atoms with van der Waals surface area (Å²) in [5.41, 5.74) is 2.42. The number of benzene rings is 1. The van der Waals surface area contributed by atoms with Crippen LogP contribution >= 0.6 is 0 Å². The number of hydrogen-bond acceptors (Lipinski definition) is 4. The molecule has 90 valence electrons. The second-order valence-corrected chi connectivity index (χ2v) is 3.82. The molecule has 0 saturated heterocycles. The average molecular weight is 232 g/mol. The number of hydrogen-bond donors (Lipinski definition) is 1. The van der Waals surface area contributed by atoms with Gasteiger partial charge in [0.1, 0.15) is 5.76 Å². The molecular weight excluding hydrogens is 216 g/mol. The molecule has 0 aliphatic rings. The van der Waals surface area contributed by atoms with Gasteiger partial charge >= 0.3 is 0 Å². The fourth-order valence-corrected chi connectivity index (χ4v) is 1.66. The number of nitrogens with zero attached hydrogens (tertiary/aromatic N) is 1. The topological polar surface area (TPSA) is 47.3 Å². The Hall–Kier alpha value is -1.65. The minimum absolute atomic E-state index is 0.649. The standard InChI is InChI=1S/C13H16N2O2/c1-16-9-12-4-2-3-11(5-12)6-14-7-13-8-15-10-17-13/h2-5,8,10,14H,6-7,9H2,1H3. The van der Waals surface area contributed by atoms with Gasteiger partial charge in [-0.25, -0.2) is 4.98 Å². The number of rotatable bonds is 6. The minimum atomic E-state index is 0.649. The first-order valence-corrected chi connectivity index (χ1v) is 5.53. The van der Waals surface area contributed by atoms with Crippen LogP contribution in [0, 0.1) is 0 Å². The van der Waals surface area contributed by atoms with Gasteiger partial charge < -0.3 is 14.5 Å². The van der Waals surface area contributed by atoms with Gasteiger partial charge in [-0.2, -0.15) is 0 Å². The zero-order chi connectivity index (χ0) is 11.9. The quantitative estimate of drug-likeness (QED) is 0.828. The minimum Gasteiger partial charge on any atom is -0.447 e. The van der Waals surface area contributed by atoms with Gasteiger partial charge in [0.15, 0.2) is 6.39 Å². The van der Waals surface area contributed by atoms with E-state index in [1.807, 2.05) is 6.07 Å². The van der Waals surface area contributed by atoms with Crippen LogP contribution in [0.1, 0.15) is 16.9 Å². The zero-order valence-corrected chi connectivity index (χ0v) is 9.85. The Bertz CT molecular complexity index is 440. The van der Waals surface area contributed by atoms with Crippen molar-refractivity contribution < 1.29 is 9.15 Å². The van der Waals surface area contributed by atoms with E-state index in [0.717, 1.165) is 12.3 Å². The smallest absolute Gasteiger partial charge is 0.180 e. The van der Waals surface area contributed by atoms with E-state index in [1.165, 1.54) is 17.5 Å². The van der Waals surface area contributed by atoms with Gasteiger partial charge in [0.2, 0.25) is 0 Å². The summed E-state index contributed by atoms with van der Waals surface area (Å²) in [6.07, 6.45) is 3.16. The SMILES string of the molecule is COCc1cccc(CNCc2cnco2)c1. The van der Waals surface area contributed by atoms with Crippen LogP contribution in [0.2, 0.25) is 0 Å². The largest absolute Gasteiger partial charge is 0.447 e. The summed E-state index contributed by atoms with van der Waals surface area (Å²) in [6.45, 7) is 2.14. The van der Waals surface area contributed by atoms with Gasteiger partial charge in [-0.05, 0) is 11.1 Å². The van der Waals surface area contributed by atoms with E-state index in [0.29, 0.717) is 13.2 Å². The molecule has 0 amide bonds. The molecule has 1 aromatic carbocycles. The van der Waals surface area contributed by atoms with Gasteiger partial charge in [0.05, 0.1) is 19.3 Å². The van der Waals surface area contributed by atoms with E-state index in [-0.39, 0.29) is 0 Å². The van der Waals surface area contributed by atoms with Crippen LogP contribution in [-0.4, -0.2) is 12.1 Å². The maximum absolute atomic E-state index is 5.14. The highest BCUT2D eigenvalue weighted by atomic mass is 16.5. The third-order valence-electron chi connectivity index (χ3n) is 2.41. The molecule has 0 saturated carbocycles. The summed E-state index contributed by atoms with van der Waals surface area (Å²) in [5, 5.41) is 3.30. The molecule has 0 bridgehead atoms. The normalized spacial score (nSPS) is 10.6. The highest BCUT2D eigenvalue weighted by Crippen LogP contribution is 2.06. The maximum atomic E-state index is 5.14. The Morgan fingerprint density at radius 2 is 2.18 bits per heavy atom. The summed E-state index contributed by atoms with van der Waals surface area (Å²) in [4.78, 5) is 3.86. The molecule has 1 N–H and O–H groups in total. The highest BCUT2D eigenvalue weighted by Gasteiger charge is 1.98. The summed E-state index contributed by atoms with van der Waals surface area (Å²) in [7, 11) is 1.70. The number of oxazole rings is 1. The fourth-order valence-electron chi connectivity index (χ4n) is 1.66. The van der Waals surface area contributed by atoms with Crippen molar-refractivity contribution in [2.45, 2.75) is 19.7 Å². The van der Waals surface area contributed by atoms with Crippen molar-refractivity contribution in [1.82, 2.24) is 10.3 Å². The van der Waals surface area contributed by atoms with Gasteiger partial charge in [-0.15, -0.1) is 0 Å². The number of nitrogens with one attached hydrogen (secondary N) is 1. The van der Waals surface area contributed by atoms with Crippen LogP contribution in [0.3, 0.4) is 0 Å². The van der Waals surface area contributed by atoms with Gasteiger partial charge in [0, 0.05) is 13.7 Å².